The summed E-state index contributed by atoms with van der Waals surface area (Å²) < 4.78 is 0. The van der Waals surface area contributed by atoms with Crippen LogP contribution in [0.15, 0.2) is 110 Å². The van der Waals surface area contributed by atoms with Gasteiger partial charge in [0.2, 0.25) is 0 Å². The van der Waals surface area contributed by atoms with Gasteiger partial charge in [-0.1, -0.05) is 85.5 Å². The highest BCUT2D eigenvalue weighted by atomic mass is 15.0. The number of nitrogens with one attached hydrogen (secondary N) is 2. The maximum Gasteiger partial charge on any atom is 0.162 e. The van der Waals surface area contributed by atoms with E-state index in [4.69, 9.17) is 9.97 Å². The van der Waals surface area contributed by atoms with Crippen molar-refractivity contribution in [2.24, 2.45) is 0 Å². The van der Waals surface area contributed by atoms with Gasteiger partial charge in [0.05, 0.1) is 5.52 Å². The minimum atomic E-state index is 0.192. The van der Waals surface area contributed by atoms with Crippen LogP contribution in [0, 0.1) is 0 Å². The summed E-state index contributed by atoms with van der Waals surface area (Å²) in [6, 6.07) is 35.5. The summed E-state index contributed by atoms with van der Waals surface area (Å²) in [6.07, 6.45) is 1.85. The van der Waals surface area contributed by atoms with E-state index >= 15 is 0 Å². The molecule has 0 aliphatic heterocycles. The minimum Gasteiger partial charge on any atom is -0.388 e. The Morgan fingerprint density at radius 1 is 0.800 bits per heavy atom. The number of anilines is 2. The van der Waals surface area contributed by atoms with Gasteiger partial charge < -0.3 is 10.6 Å². The van der Waals surface area contributed by atoms with E-state index in [2.05, 4.69) is 90.0 Å². The number of hydrogen-bond acceptors (Lipinski definition) is 4. The number of rotatable bonds is 8. The van der Waals surface area contributed by atoms with Gasteiger partial charge in [-0.3, -0.25) is 0 Å². The topological polar surface area (TPSA) is 49.8 Å². The van der Waals surface area contributed by atoms with Gasteiger partial charge in [0, 0.05) is 36.1 Å². The first kappa shape index (κ1) is 22.4. The molecule has 5 aromatic rings. The van der Waals surface area contributed by atoms with E-state index in [9.17, 15) is 0 Å². The highest BCUT2D eigenvalue weighted by molar-refractivity contribution is 5.90. The van der Waals surface area contributed by atoms with Gasteiger partial charge in [-0.2, -0.15) is 0 Å². The monoisotopic (exact) mass is 456 g/mol. The van der Waals surface area contributed by atoms with Crippen LogP contribution in [0.5, 0.6) is 0 Å². The molecule has 1 aromatic heterocycles. The van der Waals surface area contributed by atoms with Crippen molar-refractivity contribution >= 4 is 28.5 Å². The van der Waals surface area contributed by atoms with Crippen LogP contribution < -0.4 is 10.6 Å². The zero-order chi connectivity index (χ0) is 24.0. The fourth-order valence-corrected chi connectivity index (χ4v) is 4.44. The molecule has 5 rings (SSSR count). The van der Waals surface area contributed by atoms with Gasteiger partial charge in [0.25, 0.3) is 0 Å². The number of nitrogens with zero attached hydrogens (tertiary/aromatic N) is 2. The number of aromatic nitrogens is 2. The Morgan fingerprint density at radius 3 is 2.11 bits per heavy atom. The number of para-hydroxylation sites is 1. The number of benzene rings is 4. The predicted molar refractivity (Wildman–Crippen MR) is 148 cm³/mol. The molecule has 4 heteroatoms. The summed E-state index contributed by atoms with van der Waals surface area (Å²) in [7, 11) is 1.91. The van der Waals surface area contributed by atoms with Crippen LogP contribution in [-0.2, 0) is 0 Å². The molecular formula is C31H28N4. The van der Waals surface area contributed by atoms with Gasteiger partial charge in [0.1, 0.15) is 5.82 Å². The maximum absolute atomic E-state index is 4.98. The highest BCUT2D eigenvalue weighted by Crippen LogP contribution is 2.30. The second-order valence-electron chi connectivity index (χ2n) is 8.42. The van der Waals surface area contributed by atoms with Crippen LogP contribution in [0.3, 0.4) is 0 Å². The second kappa shape index (κ2) is 10.2. The lowest BCUT2D eigenvalue weighted by molar-refractivity contribution is 0.849. The minimum absolute atomic E-state index is 0.192. The molecule has 0 saturated carbocycles. The van der Waals surface area contributed by atoms with Crippen LogP contribution in [0.25, 0.3) is 28.4 Å². The molecule has 35 heavy (non-hydrogen) atoms. The Balaban J connectivity index is 1.54. The van der Waals surface area contributed by atoms with Crippen molar-refractivity contribution in [3.63, 3.8) is 0 Å². The SMILES string of the molecule is C=Cc1cc(-c2nc(NCC(c3ccccc3)c3ccccc3)c3ccccc3n2)ccc1NC. The fourth-order valence-electron chi connectivity index (χ4n) is 4.44. The molecule has 0 aliphatic rings. The summed E-state index contributed by atoms with van der Waals surface area (Å²) in [6.45, 7) is 4.67. The van der Waals surface area contributed by atoms with Crippen LogP contribution in [0.1, 0.15) is 22.6 Å². The van der Waals surface area contributed by atoms with Crippen molar-refractivity contribution < 1.29 is 0 Å². The Morgan fingerprint density at radius 2 is 1.46 bits per heavy atom. The molecule has 0 bridgehead atoms. The predicted octanol–water partition coefficient (Wildman–Crippen LogP) is 7.23. The Bertz CT molecular complexity index is 1410. The van der Waals surface area contributed by atoms with E-state index in [1.54, 1.807) is 0 Å². The van der Waals surface area contributed by atoms with Crippen molar-refractivity contribution in [2.75, 3.05) is 24.2 Å². The van der Waals surface area contributed by atoms with E-state index in [-0.39, 0.29) is 5.92 Å². The summed E-state index contributed by atoms with van der Waals surface area (Å²) in [5.74, 6) is 1.71. The third-order valence-electron chi connectivity index (χ3n) is 6.28. The quantitative estimate of drug-likeness (QED) is 0.259. The molecular weight excluding hydrogens is 428 g/mol. The Labute approximate surface area is 206 Å². The smallest absolute Gasteiger partial charge is 0.162 e. The maximum atomic E-state index is 4.98. The van der Waals surface area contributed by atoms with Crippen molar-refractivity contribution in [1.29, 1.82) is 0 Å². The van der Waals surface area contributed by atoms with Crippen molar-refractivity contribution in [1.82, 2.24) is 9.97 Å². The molecule has 0 aliphatic carbocycles. The zero-order valence-electron chi connectivity index (χ0n) is 19.8. The lowest BCUT2D eigenvalue weighted by Gasteiger charge is -2.20. The zero-order valence-corrected chi connectivity index (χ0v) is 19.8. The molecule has 172 valence electrons. The van der Waals surface area contributed by atoms with Crippen LogP contribution in [0.4, 0.5) is 11.5 Å². The molecule has 4 nitrogen and oxygen atoms in total. The molecule has 0 amide bonds. The first-order valence-corrected chi connectivity index (χ1v) is 11.8. The fraction of sp³-hybridized carbons (Fsp3) is 0.0968. The van der Waals surface area contributed by atoms with Crippen LogP contribution in [0.2, 0.25) is 0 Å². The van der Waals surface area contributed by atoms with Crippen molar-refractivity contribution in [3.05, 3.63) is 126 Å². The van der Waals surface area contributed by atoms with E-state index < -0.39 is 0 Å². The first-order chi connectivity index (χ1) is 17.3. The first-order valence-electron chi connectivity index (χ1n) is 11.8. The number of hydrogen-bond donors (Lipinski definition) is 2. The van der Waals surface area contributed by atoms with Crippen molar-refractivity contribution in [3.8, 4) is 11.4 Å². The average Bonchev–Trinajstić information content (AvgIpc) is 2.93. The van der Waals surface area contributed by atoms with Gasteiger partial charge in [-0.15, -0.1) is 0 Å². The van der Waals surface area contributed by atoms with Crippen LogP contribution >= 0.6 is 0 Å². The molecule has 2 N–H and O–H groups in total. The van der Waals surface area contributed by atoms with E-state index in [1.807, 2.05) is 43.5 Å². The molecule has 4 aromatic carbocycles. The van der Waals surface area contributed by atoms with E-state index in [0.29, 0.717) is 12.4 Å². The summed E-state index contributed by atoms with van der Waals surface area (Å²) in [4.78, 5) is 9.86. The Hall–Kier alpha value is -4.44. The molecule has 0 unspecified atom stereocenters. The van der Waals surface area contributed by atoms with E-state index in [1.165, 1.54) is 11.1 Å². The van der Waals surface area contributed by atoms with Gasteiger partial charge in [-0.25, -0.2) is 9.97 Å². The summed E-state index contributed by atoms with van der Waals surface area (Å²) in [5, 5.41) is 7.87. The van der Waals surface area contributed by atoms with E-state index in [0.717, 1.165) is 33.5 Å². The summed E-state index contributed by atoms with van der Waals surface area (Å²) in [5.41, 5.74) is 6.44. The van der Waals surface area contributed by atoms with Crippen LogP contribution in [-0.4, -0.2) is 23.6 Å². The standard InChI is InChI=1S/C31H28N4/c1-3-22-20-25(18-19-28(22)32-2)30-34-29-17-11-10-16-26(29)31(35-30)33-21-27(23-12-6-4-7-13-23)24-14-8-5-9-15-24/h3-20,27,32H,1,21H2,2H3,(H,33,34,35). The third kappa shape index (κ3) is 4.78. The highest BCUT2D eigenvalue weighted by Gasteiger charge is 2.16. The lowest BCUT2D eigenvalue weighted by Crippen LogP contribution is -2.15. The normalized spacial score (nSPS) is 10.9. The average molecular weight is 457 g/mol. The molecule has 0 saturated heterocycles. The molecule has 0 atom stereocenters. The summed E-state index contributed by atoms with van der Waals surface area (Å²) >= 11 is 0. The lowest BCUT2D eigenvalue weighted by atomic mass is 9.91. The van der Waals surface area contributed by atoms with Crippen molar-refractivity contribution in [2.45, 2.75) is 5.92 Å². The largest absolute Gasteiger partial charge is 0.388 e. The number of fused-ring (bicyclic) bond motifs is 1. The van der Waals surface area contributed by atoms with Gasteiger partial charge in [-0.05, 0) is 47.0 Å². The van der Waals surface area contributed by atoms with Gasteiger partial charge >= 0.3 is 0 Å². The molecule has 0 fully saturated rings. The second-order valence-corrected chi connectivity index (χ2v) is 8.42. The third-order valence-corrected chi connectivity index (χ3v) is 6.28. The molecule has 0 spiro atoms. The van der Waals surface area contributed by atoms with Gasteiger partial charge in [0.15, 0.2) is 5.82 Å². The molecule has 1 heterocycles. The Kier molecular flexibility index (Phi) is 6.53. The molecule has 0 radical (unpaired) electrons.